The molecule has 5 rings (SSSR count). The minimum atomic E-state index is 0.920. The number of para-hydroxylation sites is 2. The van der Waals surface area contributed by atoms with Crippen LogP contribution in [0.1, 0.15) is 11.3 Å². The van der Waals surface area contributed by atoms with Gasteiger partial charge >= 0.3 is 0 Å². The van der Waals surface area contributed by atoms with Crippen LogP contribution in [0.4, 0.5) is 5.13 Å². The maximum Gasteiger partial charge on any atom is 0.186 e. The van der Waals surface area contributed by atoms with Gasteiger partial charge in [0.05, 0.1) is 16.8 Å². The van der Waals surface area contributed by atoms with Crippen molar-refractivity contribution >= 4 is 37.6 Å². The molecule has 22 heavy (non-hydrogen) atoms. The minimum Gasteiger partial charge on any atom is -0.357 e. The molecule has 108 valence electrons. The van der Waals surface area contributed by atoms with Crippen molar-refractivity contribution in [3.63, 3.8) is 0 Å². The first-order valence-corrected chi connectivity index (χ1v) is 8.39. The van der Waals surface area contributed by atoms with Crippen LogP contribution in [0.5, 0.6) is 0 Å². The number of benzene rings is 2. The van der Waals surface area contributed by atoms with Gasteiger partial charge < -0.3 is 9.88 Å². The molecule has 1 aliphatic rings. The normalized spacial score (nSPS) is 14.6. The highest BCUT2D eigenvalue weighted by Gasteiger charge is 2.22. The molecule has 0 aliphatic carbocycles. The van der Waals surface area contributed by atoms with E-state index in [9.17, 15) is 0 Å². The molecular weight excluding hydrogens is 290 g/mol. The topological polar surface area (TPSA) is 31.9 Å². The molecule has 0 fully saturated rings. The number of aromatic amines is 1. The Morgan fingerprint density at radius 3 is 2.86 bits per heavy atom. The van der Waals surface area contributed by atoms with Crippen LogP contribution >= 0.6 is 11.3 Å². The Bertz CT molecular complexity index is 949. The first-order valence-electron chi connectivity index (χ1n) is 7.57. The lowest BCUT2D eigenvalue weighted by molar-refractivity contribution is 0.722. The van der Waals surface area contributed by atoms with Crippen molar-refractivity contribution in [3.8, 4) is 0 Å². The monoisotopic (exact) mass is 305 g/mol. The first kappa shape index (κ1) is 12.2. The molecule has 4 heteroatoms. The van der Waals surface area contributed by atoms with Gasteiger partial charge in [0.25, 0.3) is 0 Å². The van der Waals surface area contributed by atoms with Gasteiger partial charge in [0, 0.05) is 23.1 Å². The summed E-state index contributed by atoms with van der Waals surface area (Å²) in [5.41, 5.74) is 5.17. The van der Waals surface area contributed by atoms with E-state index in [1.165, 1.54) is 26.9 Å². The molecule has 0 bridgehead atoms. The van der Waals surface area contributed by atoms with Crippen LogP contribution in [0.15, 0.2) is 48.5 Å². The lowest BCUT2D eigenvalue weighted by Gasteiger charge is -2.26. The Balaban J connectivity index is 1.56. The fraction of sp³-hybridized carbons (Fsp3) is 0.167. The highest BCUT2D eigenvalue weighted by Crippen LogP contribution is 2.33. The molecule has 2 aromatic heterocycles. The van der Waals surface area contributed by atoms with Crippen LogP contribution < -0.4 is 4.90 Å². The minimum absolute atomic E-state index is 0.920. The zero-order valence-electron chi connectivity index (χ0n) is 12.0. The standard InChI is InChI=1S/C18H15N3S/c1-2-6-14-12(5-1)13-9-10-21(11-16(13)19-14)18-20-15-7-3-4-8-17(15)22-18/h1-8,19H,9-11H2. The van der Waals surface area contributed by atoms with Gasteiger partial charge in [0.2, 0.25) is 0 Å². The summed E-state index contributed by atoms with van der Waals surface area (Å²) in [6.45, 7) is 1.96. The number of anilines is 1. The van der Waals surface area contributed by atoms with Gasteiger partial charge in [-0.25, -0.2) is 4.98 Å². The number of rotatable bonds is 1. The van der Waals surface area contributed by atoms with E-state index in [4.69, 9.17) is 4.98 Å². The lowest BCUT2D eigenvalue weighted by Crippen LogP contribution is -2.29. The van der Waals surface area contributed by atoms with Gasteiger partial charge in [0.1, 0.15) is 0 Å². The Labute approximate surface area is 132 Å². The number of nitrogens with one attached hydrogen (secondary N) is 1. The van der Waals surface area contributed by atoms with Gasteiger partial charge in [-0.2, -0.15) is 0 Å². The molecule has 0 amide bonds. The smallest absolute Gasteiger partial charge is 0.186 e. The molecule has 4 aromatic rings. The third kappa shape index (κ3) is 1.77. The van der Waals surface area contributed by atoms with Crippen LogP contribution in [0.2, 0.25) is 0 Å². The second-order valence-corrected chi connectivity index (χ2v) is 6.77. The van der Waals surface area contributed by atoms with Crippen molar-refractivity contribution in [1.82, 2.24) is 9.97 Å². The molecule has 1 N–H and O–H groups in total. The van der Waals surface area contributed by atoms with E-state index in [-0.39, 0.29) is 0 Å². The highest BCUT2D eigenvalue weighted by atomic mass is 32.1. The number of thiazole rings is 1. The molecule has 1 aliphatic heterocycles. The van der Waals surface area contributed by atoms with E-state index in [1.807, 2.05) is 0 Å². The predicted molar refractivity (Wildman–Crippen MR) is 92.7 cm³/mol. The molecule has 3 nitrogen and oxygen atoms in total. The average molecular weight is 305 g/mol. The van der Waals surface area contributed by atoms with Crippen molar-refractivity contribution in [2.75, 3.05) is 11.4 Å². The van der Waals surface area contributed by atoms with Crippen molar-refractivity contribution in [3.05, 3.63) is 59.8 Å². The molecule has 0 radical (unpaired) electrons. The summed E-state index contributed by atoms with van der Waals surface area (Å²) in [5, 5.41) is 2.51. The molecule has 0 atom stereocenters. The van der Waals surface area contributed by atoms with Crippen LogP contribution in [0.3, 0.4) is 0 Å². The fourth-order valence-electron chi connectivity index (χ4n) is 3.35. The zero-order chi connectivity index (χ0) is 14.5. The van der Waals surface area contributed by atoms with Gasteiger partial charge in [0.15, 0.2) is 5.13 Å². The number of fused-ring (bicyclic) bond motifs is 4. The third-order valence-electron chi connectivity index (χ3n) is 4.44. The largest absolute Gasteiger partial charge is 0.357 e. The van der Waals surface area contributed by atoms with Gasteiger partial charge in [-0.1, -0.05) is 41.7 Å². The Morgan fingerprint density at radius 2 is 1.91 bits per heavy atom. The maximum atomic E-state index is 4.79. The second kappa shape index (κ2) is 4.58. The highest BCUT2D eigenvalue weighted by molar-refractivity contribution is 7.22. The number of hydrogen-bond acceptors (Lipinski definition) is 3. The average Bonchev–Trinajstić information content (AvgIpc) is 3.15. The van der Waals surface area contributed by atoms with Crippen molar-refractivity contribution in [2.45, 2.75) is 13.0 Å². The van der Waals surface area contributed by atoms with Crippen LogP contribution in [-0.2, 0) is 13.0 Å². The SMILES string of the molecule is c1ccc2sc(N3CCc4c([nH]c5ccccc45)C3)nc2c1. The summed E-state index contributed by atoms with van der Waals surface area (Å²) in [6.07, 6.45) is 1.08. The predicted octanol–water partition coefficient (Wildman–Crippen LogP) is 4.34. The summed E-state index contributed by atoms with van der Waals surface area (Å²) < 4.78 is 1.26. The quantitative estimate of drug-likeness (QED) is 0.567. The first-order chi connectivity index (χ1) is 10.9. The number of hydrogen-bond donors (Lipinski definition) is 1. The van der Waals surface area contributed by atoms with Gasteiger partial charge in [-0.15, -0.1) is 0 Å². The van der Waals surface area contributed by atoms with Crippen molar-refractivity contribution in [1.29, 1.82) is 0 Å². The van der Waals surface area contributed by atoms with E-state index < -0.39 is 0 Å². The second-order valence-electron chi connectivity index (χ2n) is 5.76. The third-order valence-corrected chi connectivity index (χ3v) is 5.53. The van der Waals surface area contributed by atoms with E-state index in [1.54, 1.807) is 11.3 Å². The summed E-state index contributed by atoms with van der Waals surface area (Å²) in [7, 11) is 0. The Kier molecular flexibility index (Phi) is 2.55. The van der Waals surface area contributed by atoms with E-state index in [0.29, 0.717) is 0 Å². The van der Waals surface area contributed by atoms with Crippen LogP contribution in [0, 0.1) is 0 Å². The molecule has 0 saturated carbocycles. The number of aromatic nitrogens is 2. The molecular formula is C18H15N3S. The summed E-state index contributed by atoms with van der Waals surface area (Å²) in [6, 6.07) is 17.0. The van der Waals surface area contributed by atoms with Crippen molar-refractivity contribution < 1.29 is 0 Å². The van der Waals surface area contributed by atoms with Crippen LogP contribution in [0.25, 0.3) is 21.1 Å². The van der Waals surface area contributed by atoms with Gasteiger partial charge in [-0.3, -0.25) is 0 Å². The molecule has 0 spiro atoms. The lowest BCUT2D eigenvalue weighted by atomic mass is 10.0. The number of H-pyrrole nitrogens is 1. The fourth-order valence-corrected chi connectivity index (χ4v) is 4.34. The van der Waals surface area contributed by atoms with E-state index >= 15 is 0 Å². The maximum absolute atomic E-state index is 4.79. The van der Waals surface area contributed by atoms with E-state index in [0.717, 1.165) is 30.2 Å². The Hall–Kier alpha value is -2.33. The molecule has 0 saturated heterocycles. The van der Waals surface area contributed by atoms with E-state index in [2.05, 4.69) is 58.4 Å². The molecule has 2 aromatic carbocycles. The summed E-state index contributed by atoms with van der Waals surface area (Å²) >= 11 is 1.79. The Morgan fingerprint density at radius 1 is 1.05 bits per heavy atom. The summed E-state index contributed by atoms with van der Waals surface area (Å²) in [5.74, 6) is 0. The van der Waals surface area contributed by atoms with Crippen molar-refractivity contribution in [2.24, 2.45) is 0 Å². The zero-order valence-corrected chi connectivity index (χ0v) is 12.9. The summed E-state index contributed by atoms with van der Waals surface area (Å²) in [4.78, 5) is 10.8. The molecule has 0 unspecified atom stereocenters. The molecule has 3 heterocycles. The van der Waals surface area contributed by atoms with Gasteiger partial charge in [-0.05, 0) is 30.2 Å². The van der Waals surface area contributed by atoms with Crippen LogP contribution in [-0.4, -0.2) is 16.5 Å². The number of nitrogens with zero attached hydrogens (tertiary/aromatic N) is 2.